The lowest BCUT2D eigenvalue weighted by Crippen LogP contribution is -2.82. The summed E-state index contributed by atoms with van der Waals surface area (Å²) in [6, 6.07) is 16.3. The largest absolute Gasteiger partial charge is 0.416 e. The highest BCUT2D eigenvalue weighted by Crippen LogP contribution is 2.29. The predicted octanol–water partition coefficient (Wildman–Crippen LogP) is 3.66. The third-order valence-electron chi connectivity index (χ3n) is 3.60. The van der Waals surface area contributed by atoms with Gasteiger partial charge in [0.15, 0.2) is 5.69 Å². The molecule has 3 nitrogen and oxygen atoms in total. The van der Waals surface area contributed by atoms with E-state index in [4.69, 9.17) is 5.73 Å². The molecule has 3 aromatic carbocycles. The first kappa shape index (κ1) is 15.2. The molecule has 23 heavy (non-hydrogen) atoms. The monoisotopic (exact) mass is 318 g/mol. The fourth-order valence-electron chi connectivity index (χ4n) is 2.39. The van der Waals surface area contributed by atoms with Crippen LogP contribution in [-0.4, -0.2) is 0 Å². The molecule has 0 fully saturated rings. The molecule has 0 aliphatic heterocycles. The Morgan fingerprint density at radius 1 is 0.826 bits per heavy atom. The third kappa shape index (κ3) is 3.22. The van der Waals surface area contributed by atoms with Gasteiger partial charge in [-0.2, -0.15) is 13.2 Å². The van der Waals surface area contributed by atoms with Crippen LogP contribution in [0.5, 0.6) is 0 Å². The SMILES string of the molecule is Nc1ccc([NH2+]Nc2ccc(C(F)(F)F)cc2)c2ccccc12. The van der Waals surface area contributed by atoms with E-state index in [0.717, 1.165) is 28.6 Å². The zero-order chi connectivity index (χ0) is 16.4. The number of nitrogens with one attached hydrogen (secondary N) is 1. The molecule has 3 aromatic rings. The van der Waals surface area contributed by atoms with E-state index < -0.39 is 11.7 Å². The summed E-state index contributed by atoms with van der Waals surface area (Å²) in [6.45, 7) is 0. The molecule has 0 unspecified atom stereocenters. The molecule has 0 atom stereocenters. The van der Waals surface area contributed by atoms with Crippen LogP contribution >= 0.6 is 0 Å². The van der Waals surface area contributed by atoms with Gasteiger partial charge in [0.2, 0.25) is 0 Å². The first-order valence-electron chi connectivity index (χ1n) is 6.99. The quantitative estimate of drug-likeness (QED) is 0.392. The first-order valence-corrected chi connectivity index (χ1v) is 6.99. The van der Waals surface area contributed by atoms with Gasteiger partial charge in [-0.05, 0) is 36.4 Å². The van der Waals surface area contributed by atoms with Crippen molar-refractivity contribution < 1.29 is 18.6 Å². The molecule has 0 bridgehead atoms. The maximum atomic E-state index is 12.5. The molecule has 0 saturated heterocycles. The number of alkyl halides is 3. The summed E-state index contributed by atoms with van der Waals surface area (Å²) in [6.07, 6.45) is -4.32. The van der Waals surface area contributed by atoms with Gasteiger partial charge in [0.1, 0.15) is 0 Å². The van der Waals surface area contributed by atoms with Gasteiger partial charge in [0, 0.05) is 22.5 Å². The normalized spacial score (nSPS) is 11.6. The Hall–Kier alpha value is -2.73. The molecule has 0 aromatic heterocycles. The number of halogens is 3. The molecule has 118 valence electrons. The van der Waals surface area contributed by atoms with Crippen molar-refractivity contribution in [2.24, 2.45) is 0 Å². The van der Waals surface area contributed by atoms with Gasteiger partial charge in [-0.3, -0.25) is 0 Å². The lowest BCUT2D eigenvalue weighted by atomic mass is 10.1. The van der Waals surface area contributed by atoms with E-state index in [9.17, 15) is 13.2 Å². The third-order valence-corrected chi connectivity index (χ3v) is 3.60. The Kier molecular flexibility index (Phi) is 3.83. The van der Waals surface area contributed by atoms with E-state index in [-0.39, 0.29) is 0 Å². The molecule has 0 heterocycles. The van der Waals surface area contributed by atoms with Crippen molar-refractivity contribution in [3.63, 3.8) is 0 Å². The maximum Gasteiger partial charge on any atom is 0.416 e. The first-order chi connectivity index (χ1) is 10.9. The van der Waals surface area contributed by atoms with Crippen molar-refractivity contribution in [1.82, 2.24) is 0 Å². The minimum absolute atomic E-state index is 0.582. The van der Waals surface area contributed by atoms with Crippen molar-refractivity contribution >= 4 is 27.8 Å². The number of hydrogen-bond donors (Lipinski definition) is 3. The molecule has 0 saturated carbocycles. The van der Waals surface area contributed by atoms with Gasteiger partial charge in [-0.25, -0.2) is 10.9 Å². The second kappa shape index (κ2) is 5.81. The summed E-state index contributed by atoms with van der Waals surface area (Å²) < 4.78 is 37.6. The highest BCUT2D eigenvalue weighted by atomic mass is 19.4. The second-order valence-corrected chi connectivity index (χ2v) is 5.15. The van der Waals surface area contributed by atoms with Gasteiger partial charge in [0.05, 0.1) is 11.3 Å². The summed E-state index contributed by atoms with van der Waals surface area (Å²) in [7, 11) is 0. The summed E-state index contributed by atoms with van der Waals surface area (Å²) >= 11 is 0. The van der Waals surface area contributed by atoms with Crippen LogP contribution in [0.2, 0.25) is 0 Å². The molecule has 0 amide bonds. The number of quaternary nitrogens is 1. The lowest BCUT2D eigenvalue weighted by Gasteiger charge is -2.10. The van der Waals surface area contributed by atoms with E-state index in [0.29, 0.717) is 11.4 Å². The second-order valence-electron chi connectivity index (χ2n) is 5.15. The number of hydrogen-bond acceptors (Lipinski definition) is 2. The van der Waals surface area contributed by atoms with Crippen LogP contribution in [0.15, 0.2) is 60.7 Å². The summed E-state index contributed by atoms with van der Waals surface area (Å²) in [5.41, 5.74) is 12.2. The number of anilines is 2. The van der Waals surface area contributed by atoms with Gasteiger partial charge >= 0.3 is 6.18 Å². The van der Waals surface area contributed by atoms with Gasteiger partial charge in [-0.15, -0.1) is 0 Å². The van der Waals surface area contributed by atoms with E-state index >= 15 is 0 Å². The predicted molar refractivity (Wildman–Crippen MR) is 85.0 cm³/mol. The Bertz CT molecular complexity index is 827. The minimum atomic E-state index is -4.32. The van der Waals surface area contributed by atoms with Gasteiger partial charge in [-0.1, -0.05) is 18.2 Å². The van der Waals surface area contributed by atoms with Crippen LogP contribution in [-0.2, 0) is 6.18 Å². The Balaban J connectivity index is 1.80. The van der Waals surface area contributed by atoms with Crippen molar-refractivity contribution in [3.8, 4) is 0 Å². The number of nitrogen functional groups attached to an aromatic ring is 2. The smallest absolute Gasteiger partial charge is 0.398 e. The lowest BCUT2D eigenvalue weighted by molar-refractivity contribution is -0.536. The molecule has 5 N–H and O–H groups in total. The number of nitrogens with two attached hydrogens (primary N) is 2. The van der Waals surface area contributed by atoms with Crippen LogP contribution in [0.3, 0.4) is 0 Å². The zero-order valence-corrected chi connectivity index (χ0v) is 12.1. The minimum Gasteiger partial charge on any atom is -0.398 e. The molecular formula is C17H15F3N3+. The molecular weight excluding hydrogens is 303 g/mol. The fraction of sp³-hybridized carbons (Fsp3) is 0.0588. The maximum absolute atomic E-state index is 12.5. The average molecular weight is 318 g/mol. The summed E-state index contributed by atoms with van der Waals surface area (Å²) in [4.78, 5) is 0. The molecule has 0 radical (unpaired) electrons. The van der Waals surface area contributed by atoms with Gasteiger partial charge in [0.25, 0.3) is 0 Å². The van der Waals surface area contributed by atoms with E-state index in [1.165, 1.54) is 12.1 Å². The van der Waals surface area contributed by atoms with Crippen LogP contribution in [0.25, 0.3) is 10.8 Å². The Morgan fingerprint density at radius 2 is 1.48 bits per heavy atom. The number of rotatable bonds is 3. The number of benzene rings is 3. The zero-order valence-electron chi connectivity index (χ0n) is 12.1. The van der Waals surface area contributed by atoms with Crippen molar-refractivity contribution in [2.45, 2.75) is 6.18 Å². The average Bonchev–Trinajstić information content (AvgIpc) is 2.54. The number of fused-ring (bicyclic) bond motifs is 1. The Morgan fingerprint density at radius 3 is 2.13 bits per heavy atom. The summed E-state index contributed by atoms with van der Waals surface area (Å²) in [5.74, 6) is 0. The van der Waals surface area contributed by atoms with Crippen LogP contribution in [0.4, 0.5) is 30.2 Å². The van der Waals surface area contributed by atoms with Crippen LogP contribution in [0, 0.1) is 0 Å². The fourth-order valence-corrected chi connectivity index (χ4v) is 2.39. The molecule has 0 spiro atoms. The van der Waals surface area contributed by atoms with Crippen molar-refractivity contribution in [1.29, 1.82) is 0 Å². The molecule has 0 aliphatic rings. The molecule has 0 aliphatic carbocycles. The highest BCUT2D eigenvalue weighted by Gasteiger charge is 2.29. The topological polar surface area (TPSA) is 54.7 Å². The van der Waals surface area contributed by atoms with E-state index in [1.54, 1.807) is 5.43 Å². The van der Waals surface area contributed by atoms with Gasteiger partial charge < -0.3 is 5.73 Å². The Labute approximate surface area is 130 Å². The van der Waals surface area contributed by atoms with Crippen LogP contribution in [0.1, 0.15) is 5.56 Å². The summed E-state index contributed by atoms with van der Waals surface area (Å²) in [5, 5.41) is 1.92. The van der Waals surface area contributed by atoms with E-state index in [1.807, 2.05) is 36.4 Å². The van der Waals surface area contributed by atoms with Crippen LogP contribution < -0.4 is 16.6 Å². The standard InChI is InChI=1S/C17H14F3N3/c18-17(19,20)11-5-7-12(8-6-11)22-23-16-10-9-15(21)13-3-1-2-4-14(13)16/h1-10,22-23H,21H2/p+1. The van der Waals surface area contributed by atoms with E-state index in [2.05, 4.69) is 5.43 Å². The molecule has 6 heteroatoms. The molecule has 3 rings (SSSR count). The van der Waals surface area contributed by atoms with Crippen molar-refractivity contribution in [2.75, 3.05) is 11.2 Å². The van der Waals surface area contributed by atoms with Crippen molar-refractivity contribution in [3.05, 3.63) is 66.2 Å². The highest BCUT2D eigenvalue weighted by molar-refractivity contribution is 5.98.